The lowest BCUT2D eigenvalue weighted by molar-refractivity contribution is -0.133. The predicted octanol–water partition coefficient (Wildman–Crippen LogP) is 4.66. The molecule has 3 aliphatic rings. The van der Waals surface area contributed by atoms with E-state index in [0.717, 1.165) is 73.7 Å². The number of piperidine rings is 1. The highest BCUT2D eigenvalue weighted by atomic mass is 16.5. The molecule has 0 aliphatic carbocycles. The molecule has 2 bridgehead atoms. The molecule has 2 atom stereocenters. The van der Waals surface area contributed by atoms with E-state index < -0.39 is 0 Å². The molecular weight excluding hydrogens is 502 g/mol. The van der Waals surface area contributed by atoms with E-state index in [2.05, 4.69) is 75.3 Å². The van der Waals surface area contributed by atoms with Crippen LogP contribution in [0.15, 0.2) is 30.5 Å². The second-order valence-corrected chi connectivity index (χ2v) is 12.3. The molecule has 7 rings (SSSR count). The van der Waals surface area contributed by atoms with Gasteiger partial charge in [-0.2, -0.15) is 4.52 Å². The Morgan fingerprint density at radius 2 is 1.88 bits per heavy atom. The van der Waals surface area contributed by atoms with Gasteiger partial charge in [0.05, 0.1) is 18.9 Å². The van der Waals surface area contributed by atoms with E-state index in [0.29, 0.717) is 36.2 Å². The van der Waals surface area contributed by atoms with Crippen LogP contribution in [0.1, 0.15) is 74.5 Å². The first kappa shape index (κ1) is 25.7. The summed E-state index contributed by atoms with van der Waals surface area (Å²) in [6.07, 6.45) is 7.10. The lowest BCUT2D eigenvalue weighted by Gasteiger charge is -2.36. The molecule has 3 saturated heterocycles. The molecule has 3 fully saturated rings. The van der Waals surface area contributed by atoms with Crippen molar-refractivity contribution in [3.63, 3.8) is 0 Å². The van der Waals surface area contributed by atoms with E-state index in [1.807, 2.05) is 6.20 Å². The maximum atomic E-state index is 13.1. The number of likely N-dealkylation sites (tertiary alicyclic amines) is 1. The van der Waals surface area contributed by atoms with Crippen molar-refractivity contribution >= 4 is 22.5 Å². The molecule has 3 aromatic heterocycles. The highest BCUT2D eigenvalue weighted by molar-refractivity contribution is 5.92. The van der Waals surface area contributed by atoms with Gasteiger partial charge in [0.1, 0.15) is 0 Å². The lowest BCUT2D eigenvalue weighted by atomic mass is 9.87. The van der Waals surface area contributed by atoms with Crippen molar-refractivity contribution in [2.24, 2.45) is 0 Å². The van der Waals surface area contributed by atoms with E-state index in [9.17, 15) is 4.79 Å². The summed E-state index contributed by atoms with van der Waals surface area (Å²) in [6.45, 7) is 10.8. The van der Waals surface area contributed by atoms with E-state index in [1.165, 1.54) is 29.4 Å². The Morgan fingerprint density at radius 3 is 2.62 bits per heavy atom. The minimum Gasteiger partial charge on any atom is -0.378 e. The number of ether oxygens (including phenoxy) is 1. The lowest BCUT2D eigenvalue weighted by Crippen LogP contribution is -2.47. The second kappa shape index (κ2) is 10.3. The predicted molar refractivity (Wildman–Crippen MR) is 154 cm³/mol. The van der Waals surface area contributed by atoms with Crippen molar-refractivity contribution < 1.29 is 9.53 Å². The van der Waals surface area contributed by atoms with E-state index in [4.69, 9.17) is 4.74 Å². The van der Waals surface area contributed by atoms with Gasteiger partial charge in [-0.15, -0.1) is 5.10 Å². The monoisotopic (exact) mass is 541 g/mol. The molecule has 9 heteroatoms. The SMILES string of the molecule is Cc1cc(-c2[nH]c3ccc(C4CCN(C(=O)CCN5[C@@H]6CC[C@H]5COC6)CC4)cc3c2C(C)C)cn2nnnc12. The summed E-state index contributed by atoms with van der Waals surface area (Å²) in [7, 11) is 0. The van der Waals surface area contributed by atoms with Gasteiger partial charge in [-0.1, -0.05) is 19.9 Å². The Balaban J connectivity index is 1.06. The van der Waals surface area contributed by atoms with Crippen LogP contribution in [0.4, 0.5) is 0 Å². The number of hydrogen-bond acceptors (Lipinski definition) is 6. The molecule has 1 aromatic carbocycles. The van der Waals surface area contributed by atoms with Gasteiger partial charge in [-0.3, -0.25) is 9.69 Å². The number of nitrogens with zero attached hydrogens (tertiary/aromatic N) is 6. The summed E-state index contributed by atoms with van der Waals surface area (Å²) in [5.41, 5.74) is 7.92. The van der Waals surface area contributed by atoms with Crippen LogP contribution in [-0.2, 0) is 9.53 Å². The highest BCUT2D eigenvalue weighted by Gasteiger charge is 2.37. The third-order valence-corrected chi connectivity index (χ3v) is 9.50. The molecule has 0 saturated carbocycles. The number of aromatic amines is 1. The van der Waals surface area contributed by atoms with Gasteiger partial charge in [0.25, 0.3) is 0 Å². The summed E-state index contributed by atoms with van der Waals surface area (Å²) in [4.78, 5) is 21.4. The van der Waals surface area contributed by atoms with Crippen molar-refractivity contribution in [2.45, 2.75) is 76.8 Å². The van der Waals surface area contributed by atoms with Gasteiger partial charge in [-0.05, 0) is 89.8 Å². The quantitative estimate of drug-likeness (QED) is 0.382. The summed E-state index contributed by atoms with van der Waals surface area (Å²) < 4.78 is 7.46. The number of rotatable bonds is 6. The van der Waals surface area contributed by atoms with E-state index >= 15 is 0 Å². The molecular formula is C31H39N7O2. The average Bonchev–Trinajstić information content (AvgIpc) is 3.65. The second-order valence-electron chi connectivity index (χ2n) is 12.3. The fraction of sp³-hybridized carbons (Fsp3) is 0.548. The largest absolute Gasteiger partial charge is 0.378 e. The molecule has 0 spiro atoms. The topological polar surface area (TPSA) is 91.7 Å². The van der Waals surface area contributed by atoms with Gasteiger partial charge in [0, 0.05) is 60.8 Å². The third-order valence-electron chi connectivity index (χ3n) is 9.50. The first-order valence-electron chi connectivity index (χ1n) is 14.9. The first-order chi connectivity index (χ1) is 19.5. The molecule has 9 nitrogen and oxygen atoms in total. The fourth-order valence-electron chi connectivity index (χ4n) is 7.38. The number of hydrogen-bond donors (Lipinski definition) is 1. The number of fused-ring (bicyclic) bond motifs is 4. The number of carbonyl (C=O) groups excluding carboxylic acids is 1. The van der Waals surface area contributed by atoms with E-state index in [1.54, 1.807) is 4.52 Å². The Labute approximate surface area is 234 Å². The first-order valence-corrected chi connectivity index (χ1v) is 14.9. The van der Waals surface area contributed by atoms with E-state index in [-0.39, 0.29) is 0 Å². The van der Waals surface area contributed by atoms with Gasteiger partial charge >= 0.3 is 0 Å². The van der Waals surface area contributed by atoms with Crippen LogP contribution in [0.3, 0.4) is 0 Å². The molecule has 0 radical (unpaired) electrons. The fourth-order valence-corrected chi connectivity index (χ4v) is 7.38. The number of pyridine rings is 1. The Bertz CT molecular complexity index is 1530. The molecule has 3 aliphatic heterocycles. The molecule has 6 heterocycles. The van der Waals surface area contributed by atoms with Crippen LogP contribution >= 0.6 is 0 Å². The Kier molecular flexibility index (Phi) is 6.59. The number of amides is 1. The normalized spacial score (nSPS) is 22.2. The maximum absolute atomic E-state index is 13.1. The van der Waals surface area contributed by atoms with Crippen molar-refractivity contribution in [3.05, 3.63) is 47.2 Å². The van der Waals surface area contributed by atoms with Crippen molar-refractivity contribution in [2.75, 3.05) is 32.8 Å². The Hall–Kier alpha value is -3.30. The highest BCUT2D eigenvalue weighted by Crippen LogP contribution is 2.39. The Morgan fingerprint density at radius 1 is 1.10 bits per heavy atom. The van der Waals surface area contributed by atoms with Crippen LogP contribution in [0.5, 0.6) is 0 Å². The number of aromatic nitrogens is 5. The molecule has 4 aromatic rings. The van der Waals surface area contributed by atoms with Crippen molar-refractivity contribution in [1.82, 2.24) is 34.8 Å². The number of aryl methyl sites for hydroxylation is 1. The summed E-state index contributed by atoms with van der Waals surface area (Å²) in [6, 6.07) is 10.1. The number of benzene rings is 1. The number of tetrazole rings is 1. The molecule has 210 valence electrons. The van der Waals surface area contributed by atoms with Gasteiger partial charge in [-0.25, -0.2) is 0 Å². The zero-order valence-electron chi connectivity index (χ0n) is 23.8. The van der Waals surface area contributed by atoms with Crippen LogP contribution in [0.2, 0.25) is 0 Å². The van der Waals surface area contributed by atoms with Gasteiger partial charge in [0.15, 0.2) is 5.65 Å². The van der Waals surface area contributed by atoms with Crippen molar-refractivity contribution in [3.8, 4) is 11.3 Å². The van der Waals surface area contributed by atoms with Crippen LogP contribution in [0, 0.1) is 6.92 Å². The number of H-pyrrole nitrogens is 1. The third kappa shape index (κ3) is 4.49. The maximum Gasteiger partial charge on any atom is 0.223 e. The zero-order chi connectivity index (χ0) is 27.4. The number of carbonyl (C=O) groups is 1. The minimum atomic E-state index is 0.312. The van der Waals surface area contributed by atoms with Crippen molar-refractivity contribution in [1.29, 1.82) is 0 Å². The smallest absolute Gasteiger partial charge is 0.223 e. The van der Waals surface area contributed by atoms with Crippen LogP contribution < -0.4 is 0 Å². The zero-order valence-corrected chi connectivity index (χ0v) is 23.8. The van der Waals surface area contributed by atoms with Crippen LogP contribution in [0.25, 0.3) is 27.8 Å². The summed E-state index contributed by atoms with van der Waals surface area (Å²) >= 11 is 0. The van der Waals surface area contributed by atoms with Gasteiger partial charge < -0.3 is 14.6 Å². The number of nitrogens with one attached hydrogen (secondary N) is 1. The molecule has 1 amide bonds. The van der Waals surface area contributed by atoms with Gasteiger partial charge in [0.2, 0.25) is 5.91 Å². The number of morpholine rings is 1. The van der Waals surface area contributed by atoms with Crippen LogP contribution in [-0.4, -0.2) is 85.7 Å². The summed E-state index contributed by atoms with van der Waals surface area (Å²) in [5.74, 6) is 1.14. The molecule has 0 unspecified atom stereocenters. The standard InChI is InChI=1S/C31H39N7O2/c1-19(2)29-26-15-22(4-7-27(26)32-30(29)23-14-20(3)31-33-34-35-38(31)16-23)21-8-11-36(12-9-21)28(39)10-13-37-24-5-6-25(37)18-40-17-24/h4,7,14-16,19,21,24-25,32H,5-6,8-13,17-18H2,1-3H3/t24-,25+. The minimum absolute atomic E-state index is 0.312. The average molecular weight is 542 g/mol. The molecule has 40 heavy (non-hydrogen) atoms. The molecule has 1 N–H and O–H groups in total. The summed E-state index contributed by atoms with van der Waals surface area (Å²) in [5, 5.41) is 13.4.